The van der Waals surface area contributed by atoms with Crippen molar-refractivity contribution in [1.29, 1.82) is 0 Å². The van der Waals surface area contributed by atoms with Crippen LogP contribution in [0.2, 0.25) is 0 Å². The van der Waals surface area contributed by atoms with E-state index in [1.165, 1.54) is 11.1 Å². The smallest absolute Gasteiger partial charge is 0.168 e. The van der Waals surface area contributed by atoms with Crippen molar-refractivity contribution < 1.29 is 0 Å². The summed E-state index contributed by atoms with van der Waals surface area (Å²) in [5.41, 5.74) is 25.4. The third-order valence-electron chi connectivity index (χ3n) is 21.1. The molecule has 1 aliphatic heterocycles. The summed E-state index contributed by atoms with van der Waals surface area (Å²) >= 11 is 0. The average molecular weight is 1290 g/mol. The Balaban J connectivity index is 1.18. The molecule has 12 aromatic carbocycles. The second-order valence-corrected chi connectivity index (χ2v) is 28.1. The zero-order chi connectivity index (χ0) is 67.3. The summed E-state index contributed by atoms with van der Waals surface area (Å²) in [7, 11) is 0. The Kier molecular flexibility index (Phi) is 13.4. The van der Waals surface area contributed by atoms with Gasteiger partial charge in [-0.2, -0.15) is 0 Å². The molecule has 0 saturated heterocycles. The van der Waals surface area contributed by atoms with Gasteiger partial charge in [0.1, 0.15) is 0 Å². The Morgan fingerprint density at radius 2 is 0.540 bits per heavy atom. The summed E-state index contributed by atoms with van der Waals surface area (Å²) in [6, 6.07) is 90.7. The summed E-state index contributed by atoms with van der Waals surface area (Å²) in [4.78, 5) is 38.1. The molecule has 0 spiro atoms. The van der Waals surface area contributed by atoms with Gasteiger partial charge in [0.25, 0.3) is 0 Å². The molecule has 1 fully saturated rings. The molecule has 100 heavy (non-hydrogen) atoms. The van der Waals surface area contributed by atoms with Gasteiger partial charge in [0.15, 0.2) is 34.9 Å². The van der Waals surface area contributed by atoms with E-state index in [0.29, 0.717) is 34.9 Å². The van der Waals surface area contributed by atoms with E-state index in [4.69, 9.17) is 29.9 Å². The topological polar surface area (TPSA) is 95.4 Å². The van der Waals surface area contributed by atoms with Gasteiger partial charge >= 0.3 is 0 Å². The maximum Gasteiger partial charge on any atom is 0.168 e. The van der Waals surface area contributed by atoms with E-state index in [0.717, 1.165) is 167 Å². The van der Waals surface area contributed by atoms with Crippen molar-refractivity contribution in [3.63, 3.8) is 0 Å². The summed E-state index contributed by atoms with van der Waals surface area (Å²) in [6.07, 6.45) is 1.02. The molecular formula is C90H70N10. The predicted molar refractivity (Wildman–Crippen MR) is 411 cm³/mol. The first-order valence-corrected chi connectivity index (χ1v) is 34.8. The molecule has 1 saturated carbocycles. The van der Waals surface area contributed by atoms with Crippen molar-refractivity contribution in [2.45, 2.75) is 73.8 Å². The van der Waals surface area contributed by atoms with Crippen molar-refractivity contribution in [3.05, 3.63) is 293 Å². The normalized spacial score (nSPS) is 15.0. The van der Waals surface area contributed by atoms with Crippen molar-refractivity contribution in [3.8, 4) is 85.4 Å². The fourth-order valence-electron chi connectivity index (χ4n) is 16.6. The molecule has 17 aromatic rings. The zero-order valence-electron chi connectivity index (χ0n) is 57.1. The minimum Gasteiger partial charge on any atom is -0.335 e. The second-order valence-electron chi connectivity index (χ2n) is 28.1. The summed E-state index contributed by atoms with van der Waals surface area (Å²) in [5.74, 6) is 3.66. The Bertz CT molecular complexity index is 5950. The van der Waals surface area contributed by atoms with Crippen LogP contribution in [-0.2, 0) is 0 Å². The van der Waals surface area contributed by atoms with Crippen molar-refractivity contribution in [2.75, 3.05) is 4.90 Å². The number of anilines is 2. The van der Waals surface area contributed by atoms with E-state index in [1.807, 2.05) is 0 Å². The first-order chi connectivity index (χ1) is 48.9. The standard InChI is InChI=1S/C90H70N10/c1-51-29-36-71-63(43-51)64-44-52(2)30-37-72(64)97(71)81-78(89-93-85(59-21-13-9-14-22-59)91-86(94-89)60-23-15-10-16-24-60)83(99-75-40-33-55(5)47-67(75)68-48-56(6)34-41-76(68)99)84(100-77-42-35-57(7)49-69(77)70-50-58(8)80(70)100)79(82(81)98-73-38-31-53(3)45-65(73)66-46-54(4)32-39-74(66)98)90-95-87(61-25-17-11-18-26-61)92-88(96-90)62-27-19-12-20-28-62/h9-49,58,70,80H,50H2,1-8H3/t58?,70?,80-/m0/s1. The molecule has 10 nitrogen and oxygen atoms in total. The van der Waals surface area contributed by atoms with Gasteiger partial charge in [-0.25, -0.2) is 29.9 Å². The summed E-state index contributed by atoms with van der Waals surface area (Å²) in [6.45, 7) is 17.9. The minimum absolute atomic E-state index is 0.0109. The molecule has 0 radical (unpaired) electrons. The molecule has 10 heteroatoms. The van der Waals surface area contributed by atoms with Gasteiger partial charge in [-0.05, 0) is 145 Å². The van der Waals surface area contributed by atoms with Crippen molar-refractivity contribution in [1.82, 2.24) is 43.6 Å². The van der Waals surface area contributed by atoms with E-state index in [1.54, 1.807) is 0 Å². The molecule has 19 rings (SSSR count). The molecule has 2 unspecified atom stereocenters. The van der Waals surface area contributed by atoms with Crippen molar-refractivity contribution >= 4 is 76.8 Å². The summed E-state index contributed by atoms with van der Waals surface area (Å²) < 4.78 is 7.68. The van der Waals surface area contributed by atoms with Gasteiger partial charge in [0.2, 0.25) is 0 Å². The van der Waals surface area contributed by atoms with Crippen LogP contribution in [0.5, 0.6) is 0 Å². The molecule has 6 heterocycles. The third kappa shape index (κ3) is 9.23. The van der Waals surface area contributed by atoms with Gasteiger partial charge in [0.05, 0.1) is 67.0 Å². The highest BCUT2D eigenvalue weighted by Crippen LogP contribution is 2.63. The van der Waals surface area contributed by atoms with Gasteiger partial charge in [0, 0.05) is 72.2 Å². The average Bonchev–Trinajstić information content (AvgIpc) is 1.42. The van der Waals surface area contributed by atoms with Crippen LogP contribution in [-0.4, -0.2) is 49.6 Å². The number of hydrogen-bond donors (Lipinski definition) is 0. The van der Waals surface area contributed by atoms with E-state index in [-0.39, 0.29) is 17.9 Å². The highest BCUT2D eigenvalue weighted by Gasteiger charge is 2.52. The highest BCUT2D eigenvalue weighted by atomic mass is 15.3. The van der Waals surface area contributed by atoms with E-state index in [9.17, 15) is 0 Å². The number of rotatable bonds is 10. The Morgan fingerprint density at radius 3 is 0.840 bits per heavy atom. The number of aryl methyl sites for hydroxylation is 7. The van der Waals surface area contributed by atoms with Crippen LogP contribution < -0.4 is 4.90 Å². The van der Waals surface area contributed by atoms with Crippen molar-refractivity contribution in [2.24, 2.45) is 5.92 Å². The maximum atomic E-state index is 6.07. The van der Waals surface area contributed by atoms with Gasteiger partial charge in [-0.15, -0.1) is 0 Å². The van der Waals surface area contributed by atoms with Crippen LogP contribution >= 0.6 is 0 Å². The van der Waals surface area contributed by atoms with Crippen LogP contribution in [0.1, 0.15) is 63.8 Å². The molecule has 480 valence electrons. The highest BCUT2D eigenvalue weighted by molar-refractivity contribution is 6.18. The molecule has 0 N–H and O–H groups in total. The molecule has 5 aromatic heterocycles. The Morgan fingerprint density at radius 1 is 0.280 bits per heavy atom. The Labute approximate surface area is 580 Å². The molecule has 1 aliphatic carbocycles. The monoisotopic (exact) mass is 1290 g/mol. The lowest BCUT2D eigenvalue weighted by atomic mass is 9.69. The first kappa shape index (κ1) is 59.2. The number of benzene rings is 12. The largest absolute Gasteiger partial charge is 0.335 e. The van der Waals surface area contributed by atoms with Crippen LogP contribution in [0.25, 0.3) is 151 Å². The van der Waals surface area contributed by atoms with Gasteiger partial charge in [-0.1, -0.05) is 216 Å². The molecule has 3 atom stereocenters. The molecule has 0 bridgehead atoms. The Hall–Kier alpha value is -12.1. The summed E-state index contributed by atoms with van der Waals surface area (Å²) in [5, 5.41) is 6.77. The molecular weight excluding hydrogens is 1220 g/mol. The van der Waals surface area contributed by atoms with Crippen LogP contribution in [0, 0.1) is 54.4 Å². The van der Waals surface area contributed by atoms with Crippen LogP contribution in [0.4, 0.5) is 11.4 Å². The number of hydrogen-bond acceptors (Lipinski definition) is 7. The number of aromatic nitrogens is 9. The van der Waals surface area contributed by atoms with Crippen LogP contribution in [0.15, 0.2) is 249 Å². The fraction of sp³-hybridized carbons (Fsp3) is 0.133. The fourth-order valence-corrected chi connectivity index (χ4v) is 16.6. The maximum absolute atomic E-state index is 6.07. The van der Waals surface area contributed by atoms with Crippen LogP contribution in [0.3, 0.4) is 0 Å². The second kappa shape index (κ2) is 22.7. The lowest BCUT2D eigenvalue weighted by Crippen LogP contribution is -2.45. The lowest BCUT2D eigenvalue weighted by Gasteiger charge is -2.45. The molecule has 0 amide bonds. The minimum atomic E-state index is -0.0109. The van der Waals surface area contributed by atoms with E-state index >= 15 is 0 Å². The third-order valence-corrected chi connectivity index (χ3v) is 21.1. The predicted octanol–water partition coefficient (Wildman–Crippen LogP) is 22.2. The lowest BCUT2D eigenvalue weighted by molar-refractivity contribution is 0.246. The van der Waals surface area contributed by atoms with E-state index in [2.05, 4.69) is 323 Å². The van der Waals surface area contributed by atoms with Gasteiger partial charge in [-0.3, -0.25) is 0 Å². The number of nitrogens with zero attached hydrogens (tertiary/aromatic N) is 10. The van der Waals surface area contributed by atoms with E-state index < -0.39 is 0 Å². The number of fused-ring (bicyclic) bond motifs is 12. The zero-order valence-corrected chi connectivity index (χ0v) is 57.1. The quantitative estimate of drug-likeness (QED) is 0.135. The first-order valence-electron chi connectivity index (χ1n) is 34.8. The molecule has 2 aliphatic rings. The van der Waals surface area contributed by atoms with Gasteiger partial charge < -0.3 is 18.6 Å². The SMILES string of the molecule is Cc1ccc2c(c1)C1CC(C)[C@@H]1N2c1c(-c2nc(-c3ccccc3)nc(-c3ccccc3)n2)c(-n2c3ccc(C)cc3c3cc(C)ccc32)c(-n2c3ccc(C)cc3c3cc(C)ccc32)c(-c2nc(-c3ccccc3)nc(-c3ccccc3)n2)c1-n1c2ccc(C)cc2c2cc(C)ccc21.